The Balaban J connectivity index is 1.54. The molecule has 0 spiro atoms. The first-order valence-corrected chi connectivity index (χ1v) is 10.7. The number of anilines is 1. The lowest BCUT2D eigenvalue weighted by Gasteiger charge is -2.36. The minimum Gasteiger partial charge on any atom is -0.392 e. The number of aliphatic hydroxyl groups is 2. The average Bonchev–Trinajstić information content (AvgIpc) is 2.86. The highest BCUT2D eigenvalue weighted by Crippen LogP contribution is 2.17. The molecule has 2 aromatic carbocycles. The molecule has 0 aromatic heterocycles. The summed E-state index contributed by atoms with van der Waals surface area (Å²) in [7, 11) is 0. The fraction of sp³-hybridized carbons (Fsp3) is 0.333. The smallest absolute Gasteiger partial charge is 0.318 e. The number of aliphatic hydroxyl groups excluding tert-OH is 2. The van der Waals surface area contributed by atoms with Gasteiger partial charge in [-0.25, -0.2) is 10.3 Å². The van der Waals surface area contributed by atoms with E-state index in [0.717, 1.165) is 22.4 Å². The zero-order valence-corrected chi connectivity index (χ0v) is 18.4. The minimum atomic E-state index is -1.23. The van der Waals surface area contributed by atoms with Gasteiger partial charge in [-0.05, 0) is 48.9 Å². The molecule has 3 amide bonds. The molecule has 1 fully saturated rings. The summed E-state index contributed by atoms with van der Waals surface area (Å²) in [5, 5.41) is 30.0. The number of carbonyl (C=O) groups excluding carboxylic acids is 2. The van der Waals surface area contributed by atoms with E-state index in [2.05, 4.69) is 22.1 Å². The van der Waals surface area contributed by atoms with Crippen molar-refractivity contribution in [1.82, 2.24) is 15.7 Å². The Bertz CT molecular complexity index is 1000. The summed E-state index contributed by atoms with van der Waals surface area (Å²) in [4.78, 5) is 27.8. The second-order valence-electron chi connectivity index (χ2n) is 7.77. The van der Waals surface area contributed by atoms with Crippen molar-refractivity contribution < 1.29 is 25.0 Å². The fourth-order valence-corrected chi connectivity index (χ4v) is 3.46. The van der Waals surface area contributed by atoms with Gasteiger partial charge in [-0.3, -0.25) is 10.0 Å². The third kappa shape index (κ3) is 6.46. The van der Waals surface area contributed by atoms with Gasteiger partial charge in [0, 0.05) is 43.0 Å². The Morgan fingerprint density at radius 3 is 2.00 bits per heavy atom. The van der Waals surface area contributed by atoms with E-state index in [4.69, 9.17) is 10.3 Å². The van der Waals surface area contributed by atoms with Crippen molar-refractivity contribution in [1.29, 1.82) is 0 Å². The molecular formula is C24H28N4O5. The molecule has 0 aliphatic carbocycles. The van der Waals surface area contributed by atoms with E-state index in [0.29, 0.717) is 26.2 Å². The molecule has 9 heteroatoms. The summed E-state index contributed by atoms with van der Waals surface area (Å²) < 4.78 is 0. The quantitative estimate of drug-likeness (QED) is 0.258. The predicted molar refractivity (Wildman–Crippen MR) is 123 cm³/mol. The van der Waals surface area contributed by atoms with E-state index in [9.17, 15) is 14.7 Å². The van der Waals surface area contributed by atoms with Crippen LogP contribution in [0.2, 0.25) is 0 Å². The molecule has 5 N–H and O–H groups in total. The van der Waals surface area contributed by atoms with Crippen molar-refractivity contribution >= 4 is 17.6 Å². The standard InChI is InChI=1S/C24H28N4O5/c1-17(30)22(23(31)26-33)25-24(32)28-14-12-27(13-15-28)21-10-8-19(9-11-21)3-2-18-4-6-20(16-29)7-5-18/h4-11,17,22,29-30,33H,12-16H2,1H3,(H,25,32)(H,26,31)/t17-,22+/m1/s1. The van der Waals surface area contributed by atoms with Crippen LogP contribution in [0.3, 0.4) is 0 Å². The van der Waals surface area contributed by atoms with Gasteiger partial charge < -0.3 is 25.3 Å². The monoisotopic (exact) mass is 452 g/mol. The van der Waals surface area contributed by atoms with E-state index < -0.39 is 24.1 Å². The van der Waals surface area contributed by atoms with E-state index in [-0.39, 0.29) is 6.61 Å². The Morgan fingerprint density at radius 1 is 0.970 bits per heavy atom. The maximum atomic E-state index is 12.4. The first kappa shape index (κ1) is 24.1. The first-order valence-electron chi connectivity index (χ1n) is 10.7. The van der Waals surface area contributed by atoms with Crippen molar-refractivity contribution in [3.05, 3.63) is 65.2 Å². The summed E-state index contributed by atoms with van der Waals surface area (Å²) in [5.41, 5.74) is 5.08. The normalized spacial score (nSPS) is 15.2. The number of piperazine rings is 1. The lowest BCUT2D eigenvalue weighted by molar-refractivity contribution is -0.133. The molecule has 0 bridgehead atoms. The summed E-state index contributed by atoms with van der Waals surface area (Å²) in [5.74, 6) is 5.36. The molecule has 9 nitrogen and oxygen atoms in total. The number of benzene rings is 2. The van der Waals surface area contributed by atoms with Crippen LogP contribution < -0.4 is 15.7 Å². The SMILES string of the molecule is C[C@@H](O)[C@H](NC(=O)N1CCN(c2ccc(C#Cc3ccc(CO)cc3)cc2)CC1)C(=O)NO. The van der Waals surface area contributed by atoms with Gasteiger partial charge in [0.15, 0.2) is 0 Å². The summed E-state index contributed by atoms with van der Waals surface area (Å²) in [6.07, 6.45) is -1.15. The number of carbonyl (C=O) groups is 2. The van der Waals surface area contributed by atoms with Crippen LogP contribution in [0.15, 0.2) is 48.5 Å². The number of nitrogens with zero attached hydrogens (tertiary/aromatic N) is 2. The maximum Gasteiger partial charge on any atom is 0.318 e. The van der Waals surface area contributed by atoms with Crippen LogP contribution >= 0.6 is 0 Å². The van der Waals surface area contributed by atoms with Crippen molar-refractivity contribution in [3.8, 4) is 11.8 Å². The van der Waals surface area contributed by atoms with Gasteiger partial charge in [0.1, 0.15) is 6.04 Å². The lowest BCUT2D eigenvalue weighted by Crippen LogP contribution is -2.58. The summed E-state index contributed by atoms with van der Waals surface area (Å²) >= 11 is 0. The molecule has 33 heavy (non-hydrogen) atoms. The average molecular weight is 453 g/mol. The van der Waals surface area contributed by atoms with Gasteiger partial charge in [0.25, 0.3) is 5.91 Å². The number of amides is 3. The van der Waals surface area contributed by atoms with Crippen LogP contribution in [-0.2, 0) is 11.4 Å². The Labute approximate surface area is 192 Å². The number of hydroxylamine groups is 1. The van der Waals surface area contributed by atoms with Crippen molar-refractivity contribution in [2.24, 2.45) is 0 Å². The van der Waals surface area contributed by atoms with Crippen LogP contribution in [0.5, 0.6) is 0 Å². The van der Waals surface area contributed by atoms with Crippen LogP contribution in [-0.4, -0.2) is 70.6 Å². The van der Waals surface area contributed by atoms with E-state index >= 15 is 0 Å². The molecule has 1 aliphatic heterocycles. The third-order valence-corrected chi connectivity index (χ3v) is 5.44. The molecule has 1 saturated heterocycles. The largest absolute Gasteiger partial charge is 0.392 e. The van der Waals surface area contributed by atoms with Gasteiger partial charge in [-0.1, -0.05) is 24.0 Å². The third-order valence-electron chi connectivity index (χ3n) is 5.44. The zero-order chi connectivity index (χ0) is 23.8. The van der Waals surface area contributed by atoms with Crippen LogP contribution in [0.25, 0.3) is 0 Å². The predicted octanol–water partition coefficient (Wildman–Crippen LogP) is 0.665. The Kier molecular flexibility index (Phi) is 8.27. The highest BCUT2D eigenvalue weighted by atomic mass is 16.5. The summed E-state index contributed by atoms with van der Waals surface area (Å²) in [6.45, 7) is 3.49. The van der Waals surface area contributed by atoms with E-state index in [1.165, 1.54) is 12.4 Å². The molecule has 2 atom stereocenters. The van der Waals surface area contributed by atoms with Gasteiger partial charge in [-0.2, -0.15) is 0 Å². The maximum absolute atomic E-state index is 12.4. The highest BCUT2D eigenvalue weighted by molar-refractivity contribution is 5.87. The van der Waals surface area contributed by atoms with Crippen molar-refractivity contribution in [2.75, 3.05) is 31.1 Å². The number of nitrogens with one attached hydrogen (secondary N) is 2. The highest BCUT2D eigenvalue weighted by Gasteiger charge is 2.29. The van der Waals surface area contributed by atoms with Gasteiger partial charge in [0.2, 0.25) is 0 Å². The molecule has 1 aliphatic rings. The van der Waals surface area contributed by atoms with Gasteiger partial charge in [-0.15, -0.1) is 0 Å². The molecular weight excluding hydrogens is 424 g/mol. The topological polar surface area (TPSA) is 125 Å². The Morgan fingerprint density at radius 2 is 1.52 bits per heavy atom. The van der Waals surface area contributed by atoms with Crippen molar-refractivity contribution in [2.45, 2.75) is 25.7 Å². The van der Waals surface area contributed by atoms with Crippen LogP contribution in [0.1, 0.15) is 23.6 Å². The van der Waals surface area contributed by atoms with Gasteiger partial charge in [0.05, 0.1) is 12.7 Å². The fourth-order valence-electron chi connectivity index (χ4n) is 3.46. The molecule has 174 valence electrons. The summed E-state index contributed by atoms with van der Waals surface area (Å²) in [6, 6.07) is 13.6. The minimum absolute atomic E-state index is 0.0113. The first-order chi connectivity index (χ1) is 15.9. The second kappa shape index (κ2) is 11.3. The van der Waals surface area contributed by atoms with Crippen molar-refractivity contribution in [3.63, 3.8) is 0 Å². The molecule has 0 unspecified atom stereocenters. The lowest BCUT2D eigenvalue weighted by atomic mass is 10.1. The number of urea groups is 1. The number of hydrogen-bond acceptors (Lipinski definition) is 6. The second-order valence-corrected chi connectivity index (χ2v) is 7.77. The molecule has 0 saturated carbocycles. The van der Waals surface area contributed by atoms with Crippen LogP contribution in [0, 0.1) is 11.8 Å². The Hall–Kier alpha value is -3.58. The zero-order valence-electron chi connectivity index (χ0n) is 18.4. The molecule has 3 rings (SSSR count). The number of rotatable bonds is 5. The molecule has 2 aromatic rings. The van der Waals surface area contributed by atoms with E-state index in [1.54, 1.807) is 4.90 Å². The van der Waals surface area contributed by atoms with Crippen LogP contribution in [0.4, 0.5) is 10.5 Å². The number of hydrogen-bond donors (Lipinski definition) is 5. The molecule has 1 heterocycles. The molecule has 0 radical (unpaired) electrons. The van der Waals surface area contributed by atoms with Gasteiger partial charge >= 0.3 is 6.03 Å². The van der Waals surface area contributed by atoms with E-state index in [1.807, 2.05) is 48.5 Å².